The normalized spacial score (nSPS) is 11.2. The van der Waals surface area contributed by atoms with Gasteiger partial charge in [-0.1, -0.05) is 115 Å². The fourth-order valence-electron chi connectivity index (χ4n) is 5.66. The van der Waals surface area contributed by atoms with Crippen LogP contribution in [-0.4, -0.2) is 24.9 Å². The van der Waals surface area contributed by atoms with E-state index in [0.717, 1.165) is 60.8 Å². The first-order valence-corrected chi connectivity index (χ1v) is 14.5. The van der Waals surface area contributed by atoms with Crippen LogP contribution in [0.2, 0.25) is 0 Å². The maximum absolute atomic E-state index is 5.03. The van der Waals surface area contributed by atoms with Crippen molar-refractivity contribution in [2.75, 3.05) is 0 Å². The molecule has 0 bridgehead atoms. The monoisotopic (exact) mass is 563 g/mol. The highest BCUT2D eigenvalue weighted by Gasteiger charge is 2.15. The van der Waals surface area contributed by atoms with E-state index in [-0.39, 0.29) is 0 Å². The van der Waals surface area contributed by atoms with Crippen LogP contribution < -0.4 is 0 Å². The van der Waals surface area contributed by atoms with Crippen molar-refractivity contribution < 1.29 is 0 Å². The highest BCUT2D eigenvalue weighted by Crippen LogP contribution is 2.32. The summed E-state index contributed by atoms with van der Waals surface area (Å²) in [5, 5.41) is 4.51. The fraction of sp³-hybridized carbons (Fsp3) is 0. The van der Waals surface area contributed by atoms with Crippen LogP contribution in [0.5, 0.6) is 0 Å². The molecule has 0 saturated carbocycles. The van der Waals surface area contributed by atoms with Crippen LogP contribution in [0.25, 0.3) is 78.2 Å². The topological polar surface area (TPSA) is 64.5 Å². The van der Waals surface area contributed by atoms with Crippen LogP contribution in [0.1, 0.15) is 0 Å². The molecule has 8 aromatic rings. The zero-order valence-electron chi connectivity index (χ0n) is 23.7. The first-order valence-electron chi connectivity index (χ1n) is 14.5. The highest BCUT2D eigenvalue weighted by molar-refractivity contribution is 5.96. The highest BCUT2D eigenvalue weighted by atomic mass is 15.0. The quantitative estimate of drug-likeness (QED) is 0.209. The summed E-state index contributed by atoms with van der Waals surface area (Å²) in [5.41, 5.74) is 6.58. The number of aromatic nitrogens is 5. The van der Waals surface area contributed by atoms with Crippen molar-refractivity contribution in [2.24, 2.45) is 0 Å². The summed E-state index contributed by atoms with van der Waals surface area (Å²) in [7, 11) is 0. The van der Waals surface area contributed by atoms with E-state index in [2.05, 4.69) is 48.5 Å². The van der Waals surface area contributed by atoms with Gasteiger partial charge in [-0.25, -0.2) is 15.0 Å². The van der Waals surface area contributed by atoms with E-state index in [1.54, 1.807) is 0 Å². The molecule has 0 saturated heterocycles. The average Bonchev–Trinajstić information content (AvgIpc) is 3.11. The maximum Gasteiger partial charge on any atom is 0.164 e. The molecule has 5 nitrogen and oxygen atoms in total. The Labute approximate surface area is 254 Å². The molecule has 0 N–H and O–H groups in total. The first kappa shape index (κ1) is 25.6. The van der Waals surface area contributed by atoms with Gasteiger partial charge in [0.2, 0.25) is 0 Å². The van der Waals surface area contributed by atoms with E-state index in [1.165, 1.54) is 0 Å². The Bertz CT molecular complexity index is 2140. The molecule has 0 radical (unpaired) electrons. The lowest BCUT2D eigenvalue weighted by molar-refractivity contribution is 1.07. The van der Waals surface area contributed by atoms with Gasteiger partial charge in [-0.05, 0) is 35.0 Å². The third-order valence-corrected chi connectivity index (χ3v) is 7.80. The Morgan fingerprint density at radius 3 is 1.25 bits per heavy atom. The second kappa shape index (κ2) is 11.0. The minimum atomic E-state index is 0.602. The molecular formula is C39H25N5. The molecular weight excluding hydrogens is 538 g/mol. The second-order valence-corrected chi connectivity index (χ2v) is 10.6. The van der Waals surface area contributed by atoms with Gasteiger partial charge in [-0.3, -0.25) is 9.97 Å². The number of hydrogen-bond acceptors (Lipinski definition) is 5. The molecule has 5 aromatic carbocycles. The average molecular weight is 564 g/mol. The van der Waals surface area contributed by atoms with Gasteiger partial charge in [0, 0.05) is 51.0 Å². The lowest BCUT2D eigenvalue weighted by atomic mass is 10.0. The van der Waals surface area contributed by atoms with Crippen LogP contribution in [0, 0.1) is 0 Å². The lowest BCUT2D eigenvalue weighted by Crippen LogP contribution is -2.00. The van der Waals surface area contributed by atoms with Crippen LogP contribution >= 0.6 is 0 Å². The van der Waals surface area contributed by atoms with E-state index in [1.807, 2.05) is 103 Å². The minimum absolute atomic E-state index is 0.602. The molecule has 8 rings (SSSR count). The molecule has 0 fully saturated rings. The standard InChI is InChI=1S/C39H25N5/c1-2-12-28(13-3-1)37-42-38(31-16-8-14-29(24-31)35-33-18-6-4-10-26(33)20-22-40-35)44-39(43-37)32-17-9-15-30(25-32)36-34-19-7-5-11-27(34)21-23-41-36/h1-25H. The molecule has 44 heavy (non-hydrogen) atoms. The molecule has 0 spiro atoms. The Balaban J connectivity index is 1.28. The van der Waals surface area contributed by atoms with E-state index >= 15 is 0 Å². The molecule has 0 aliphatic heterocycles. The molecule has 3 heterocycles. The van der Waals surface area contributed by atoms with Gasteiger partial charge in [0.15, 0.2) is 17.5 Å². The van der Waals surface area contributed by atoms with E-state index in [9.17, 15) is 0 Å². The van der Waals surface area contributed by atoms with Crippen molar-refractivity contribution in [3.05, 3.63) is 152 Å². The van der Waals surface area contributed by atoms with Crippen molar-refractivity contribution in [2.45, 2.75) is 0 Å². The summed E-state index contributed by atoms with van der Waals surface area (Å²) in [6, 6.07) is 47.3. The van der Waals surface area contributed by atoms with Gasteiger partial charge in [0.1, 0.15) is 0 Å². The molecule has 0 unspecified atom stereocenters. The summed E-state index contributed by atoms with van der Waals surface area (Å²) in [5.74, 6) is 1.82. The number of rotatable bonds is 5. The van der Waals surface area contributed by atoms with Crippen molar-refractivity contribution in [3.8, 4) is 56.7 Å². The zero-order valence-corrected chi connectivity index (χ0v) is 23.7. The SMILES string of the molecule is c1ccc(-c2nc(-c3cccc(-c4nccc5ccccc45)c3)nc(-c3cccc(-c4nccc5ccccc45)c3)n2)cc1. The molecule has 3 aromatic heterocycles. The summed E-state index contributed by atoms with van der Waals surface area (Å²) in [6.45, 7) is 0. The Morgan fingerprint density at radius 1 is 0.318 bits per heavy atom. The van der Waals surface area contributed by atoms with E-state index in [0.29, 0.717) is 17.5 Å². The van der Waals surface area contributed by atoms with Crippen molar-refractivity contribution in [1.29, 1.82) is 0 Å². The summed E-state index contributed by atoms with van der Waals surface area (Å²) in [4.78, 5) is 24.4. The van der Waals surface area contributed by atoms with Crippen molar-refractivity contribution in [3.63, 3.8) is 0 Å². The fourth-order valence-corrected chi connectivity index (χ4v) is 5.66. The lowest BCUT2D eigenvalue weighted by Gasteiger charge is -2.11. The Hall–Kier alpha value is -6.07. The first-order chi connectivity index (χ1) is 21.8. The summed E-state index contributed by atoms with van der Waals surface area (Å²) < 4.78 is 0. The van der Waals surface area contributed by atoms with Gasteiger partial charge < -0.3 is 0 Å². The van der Waals surface area contributed by atoms with Crippen LogP contribution in [0.15, 0.2) is 152 Å². The third kappa shape index (κ3) is 4.76. The molecule has 0 aliphatic carbocycles. The molecule has 5 heteroatoms. The largest absolute Gasteiger partial charge is 0.256 e. The minimum Gasteiger partial charge on any atom is -0.256 e. The number of benzene rings is 5. The van der Waals surface area contributed by atoms with Gasteiger partial charge in [-0.2, -0.15) is 0 Å². The van der Waals surface area contributed by atoms with E-state index < -0.39 is 0 Å². The smallest absolute Gasteiger partial charge is 0.164 e. The summed E-state index contributed by atoms with van der Waals surface area (Å²) in [6.07, 6.45) is 3.72. The summed E-state index contributed by atoms with van der Waals surface area (Å²) >= 11 is 0. The predicted molar refractivity (Wildman–Crippen MR) is 178 cm³/mol. The van der Waals surface area contributed by atoms with Crippen LogP contribution in [0.3, 0.4) is 0 Å². The van der Waals surface area contributed by atoms with Gasteiger partial charge in [-0.15, -0.1) is 0 Å². The second-order valence-electron chi connectivity index (χ2n) is 10.6. The van der Waals surface area contributed by atoms with Gasteiger partial charge in [0.05, 0.1) is 11.4 Å². The van der Waals surface area contributed by atoms with Crippen molar-refractivity contribution in [1.82, 2.24) is 24.9 Å². The maximum atomic E-state index is 5.03. The zero-order chi connectivity index (χ0) is 29.3. The van der Waals surface area contributed by atoms with E-state index in [4.69, 9.17) is 24.9 Å². The molecule has 206 valence electrons. The van der Waals surface area contributed by atoms with Crippen LogP contribution in [0.4, 0.5) is 0 Å². The number of nitrogens with zero attached hydrogens (tertiary/aromatic N) is 5. The number of hydrogen-bond donors (Lipinski definition) is 0. The number of pyridine rings is 2. The third-order valence-electron chi connectivity index (χ3n) is 7.80. The Kier molecular flexibility index (Phi) is 6.39. The van der Waals surface area contributed by atoms with Crippen molar-refractivity contribution >= 4 is 21.5 Å². The van der Waals surface area contributed by atoms with Gasteiger partial charge in [0.25, 0.3) is 0 Å². The molecule has 0 amide bonds. The van der Waals surface area contributed by atoms with Crippen LogP contribution in [-0.2, 0) is 0 Å². The predicted octanol–water partition coefficient (Wildman–Crippen LogP) is 9.30. The molecule has 0 aliphatic rings. The number of fused-ring (bicyclic) bond motifs is 2. The molecule has 0 atom stereocenters. The van der Waals surface area contributed by atoms with Gasteiger partial charge >= 0.3 is 0 Å². The Morgan fingerprint density at radius 2 is 0.727 bits per heavy atom.